The molecule has 0 amide bonds. The monoisotopic (exact) mass is 330 g/mol. The number of H-pyrrole nitrogens is 1. The summed E-state index contributed by atoms with van der Waals surface area (Å²) in [7, 11) is 0. The van der Waals surface area contributed by atoms with Crippen molar-refractivity contribution in [1.82, 2.24) is 9.55 Å². The summed E-state index contributed by atoms with van der Waals surface area (Å²) in [4.78, 5) is 28.1. The fraction of sp³-hybridized carbons (Fsp3) is 0.0625. The van der Waals surface area contributed by atoms with Gasteiger partial charge in [0.1, 0.15) is 0 Å². The van der Waals surface area contributed by atoms with E-state index in [2.05, 4.69) is 4.98 Å². The molecule has 0 bridgehead atoms. The van der Waals surface area contributed by atoms with Gasteiger partial charge in [0.15, 0.2) is 4.77 Å². The molecule has 3 rings (SSSR count). The SMILES string of the molecule is Cc1ccc(C(=O)n2c(=S)[nH]c3ccccc3c2=O)cc1Cl. The van der Waals surface area contributed by atoms with Crippen LogP contribution in [-0.4, -0.2) is 15.5 Å². The van der Waals surface area contributed by atoms with Crippen LogP contribution in [0.1, 0.15) is 15.9 Å². The van der Waals surface area contributed by atoms with E-state index in [1.54, 1.807) is 36.4 Å². The van der Waals surface area contributed by atoms with Crippen LogP contribution in [-0.2, 0) is 0 Å². The number of carbonyl (C=O) groups is 1. The van der Waals surface area contributed by atoms with E-state index in [0.717, 1.165) is 10.1 Å². The van der Waals surface area contributed by atoms with Gasteiger partial charge in [0, 0.05) is 10.6 Å². The lowest BCUT2D eigenvalue weighted by atomic mass is 10.1. The number of benzene rings is 2. The minimum Gasteiger partial charge on any atom is -0.331 e. The predicted octanol–water partition coefficient (Wildman–Crippen LogP) is 3.71. The zero-order valence-corrected chi connectivity index (χ0v) is 13.2. The molecular formula is C16H11ClN2O2S. The molecule has 1 aromatic heterocycles. The molecule has 1 N–H and O–H groups in total. The van der Waals surface area contributed by atoms with Crippen LogP contribution in [0.4, 0.5) is 0 Å². The van der Waals surface area contributed by atoms with Gasteiger partial charge >= 0.3 is 0 Å². The number of rotatable bonds is 1. The Balaban J connectivity index is 2.25. The van der Waals surface area contributed by atoms with Gasteiger partial charge in [0.05, 0.1) is 10.9 Å². The fourth-order valence-corrected chi connectivity index (χ4v) is 2.66. The quantitative estimate of drug-likeness (QED) is 0.692. The molecule has 0 unspecified atom stereocenters. The van der Waals surface area contributed by atoms with Gasteiger partial charge < -0.3 is 4.98 Å². The Morgan fingerprint density at radius 3 is 2.68 bits per heavy atom. The van der Waals surface area contributed by atoms with Crippen LogP contribution in [0.15, 0.2) is 47.3 Å². The predicted molar refractivity (Wildman–Crippen MR) is 89.3 cm³/mol. The Morgan fingerprint density at radius 1 is 1.23 bits per heavy atom. The van der Waals surface area contributed by atoms with Gasteiger partial charge in [-0.05, 0) is 49.0 Å². The number of aromatic amines is 1. The molecule has 4 nitrogen and oxygen atoms in total. The molecule has 2 aromatic carbocycles. The van der Waals surface area contributed by atoms with E-state index in [0.29, 0.717) is 21.5 Å². The van der Waals surface area contributed by atoms with Crippen molar-refractivity contribution in [3.05, 3.63) is 73.7 Å². The van der Waals surface area contributed by atoms with Gasteiger partial charge in [0.25, 0.3) is 11.5 Å². The molecule has 0 radical (unpaired) electrons. The molecule has 110 valence electrons. The van der Waals surface area contributed by atoms with Gasteiger partial charge in [-0.25, -0.2) is 4.57 Å². The third-order valence-electron chi connectivity index (χ3n) is 3.43. The van der Waals surface area contributed by atoms with Crippen LogP contribution in [0.5, 0.6) is 0 Å². The van der Waals surface area contributed by atoms with Gasteiger partial charge in [-0.1, -0.05) is 29.8 Å². The lowest BCUT2D eigenvalue weighted by Gasteiger charge is -2.08. The summed E-state index contributed by atoms with van der Waals surface area (Å²) in [6.45, 7) is 1.84. The second-order valence-electron chi connectivity index (χ2n) is 4.89. The molecule has 0 saturated heterocycles. The maximum absolute atomic E-state index is 12.6. The Kier molecular flexibility index (Phi) is 3.68. The van der Waals surface area contributed by atoms with Gasteiger partial charge in [-0.15, -0.1) is 0 Å². The average Bonchev–Trinajstić information content (AvgIpc) is 2.50. The molecule has 1 heterocycles. The number of fused-ring (bicyclic) bond motifs is 1. The molecule has 3 aromatic rings. The van der Waals surface area contributed by atoms with Crippen LogP contribution in [0.2, 0.25) is 5.02 Å². The summed E-state index contributed by atoms with van der Waals surface area (Å²) in [6, 6.07) is 11.8. The second kappa shape index (κ2) is 5.51. The Labute approximate surface area is 136 Å². The zero-order valence-electron chi connectivity index (χ0n) is 11.6. The van der Waals surface area contributed by atoms with Crippen molar-refractivity contribution in [1.29, 1.82) is 0 Å². The zero-order chi connectivity index (χ0) is 15.9. The Morgan fingerprint density at radius 2 is 1.95 bits per heavy atom. The molecular weight excluding hydrogens is 320 g/mol. The minimum atomic E-state index is -0.501. The van der Waals surface area contributed by atoms with Crippen molar-refractivity contribution in [3.8, 4) is 0 Å². The smallest absolute Gasteiger partial charge is 0.269 e. The summed E-state index contributed by atoms with van der Waals surface area (Å²) in [5.74, 6) is -0.501. The van der Waals surface area contributed by atoms with Gasteiger partial charge in [-0.2, -0.15) is 0 Å². The third-order valence-corrected chi connectivity index (χ3v) is 4.12. The van der Waals surface area contributed by atoms with Crippen molar-refractivity contribution in [2.75, 3.05) is 0 Å². The molecule has 6 heteroatoms. The Bertz CT molecular complexity index is 1020. The summed E-state index contributed by atoms with van der Waals surface area (Å²) in [5, 5.41) is 0.872. The lowest BCUT2D eigenvalue weighted by molar-refractivity contribution is 0.0953. The van der Waals surface area contributed by atoms with Crippen LogP contribution in [0.25, 0.3) is 10.9 Å². The van der Waals surface area contributed by atoms with Crippen molar-refractivity contribution in [2.45, 2.75) is 6.92 Å². The van der Waals surface area contributed by atoms with E-state index in [9.17, 15) is 9.59 Å². The third kappa shape index (κ3) is 2.38. The molecule has 0 aliphatic carbocycles. The number of halogens is 1. The van der Waals surface area contributed by atoms with Crippen molar-refractivity contribution in [2.24, 2.45) is 0 Å². The summed E-state index contributed by atoms with van der Waals surface area (Å²) < 4.78 is 1.02. The standard InChI is InChI=1S/C16H11ClN2O2S/c1-9-6-7-10(8-12(9)17)14(20)19-15(21)11-4-2-3-5-13(11)18-16(19)22/h2-8H,1H3,(H,18,22). The van der Waals surface area contributed by atoms with Gasteiger partial charge in [0.2, 0.25) is 0 Å². The highest BCUT2D eigenvalue weighted by Gasteiger charge is 2.15. The van der Waals surface area contributed by atoms with E-state index >= 15 is 0 Å². The van der Waals surface area contributed by atoms with Crippen molar-refractivity contribution in [3.63, 3.8) is 0 Å². The normalized spacial score (nSPS) is 10.8. The number of aryl methyl sites for hydroxylation is 1. The van der Waals surface area contributed by atoms with Gasteiger partial charge in [-0.3, -0.25) is 9.59 Å². The van der Waals surface area contributed by atoms with Crippen molar-refractivity contribution >= 4 is 40.6 Å². The van der Waals surface area contributed by atoms with E-state index in [4.69, 9.17) is 23.8 Å². The molecule has 0 atom stereocenters. The minimum absolute atomic E-state index is 0.0606. The van der Waals surface area contributed by atoms with E-state index in [-0.39, 0.29) is 4.77 Å². The number of nitrogens with zero attached hydrogens (tertiary/aromatic N) is 1. The van der Waals surface area contributed by atoms with Crippen LogP contribution >= 0.6 is 23.8 Å². The van der Waals surface area contributed by atoms with E-state index < -0.39 is 11.5 Å². The fourth-order valence-electron chi connectivity index (χ4n) is 2.20. The average molecular weight is 331 g/mol. The van der Waals surface area contributed by atoms with Crippen molar-refractivity contribution < 1.29 is 4.79 Å². The number of carbonyl (C=O) groups excluding carboxylic acids is 1. The molecule has 0 saturated carbocycles. The highest BCUT2D eigenvalue weighted by atomic mass is 35.5. The first-order chi connectivity index (χ1) is 10.5. The van der Waals surface area contributed by atoms with Crippen LogP contribution in [0.3, 0.4) is 0 Å². The van der Waals surface area contributed by atoms with E-state index in [1.807, 2.05) is 6.92 Å². The highest BCUT2D eigenvalue weighted by molar-refractivity contribution is 7.71. The summed E-state index contributed by atoms with van der Waals surface area (Å²) in [5.41, 5.74) is 1.33. The first-order valence-electron chi connectivity index (χ1n) is 6.54. The first-order valence-corrected chi connectivity index (χ1v) is 7.32. The highest BCUT2D eigenvalue weighted by Crippen LogP contribution is 2.17. The maximum Gasteiger partial charge on any atom is 0.269 e. The summed E-state index contributed by atoms with van der Waals surface area (Å²) >= 11 is 11.2. The molecule has 0 spiro atoms. The van der Waals surface area contributed by atoms with Crippen LogP contribution in [0, 0.1) is 11.7 Å². The number of aromatic nitrogens is 2. The number of para-hydroxylation sites is 1. The second-order valence-corrected chi connectivity index (χ2v) is 5.68. The summed E-state index contributed by atoms with van der Waals surface area (Å²) in [6.07, 6.45) is 0. The number of hydrogen-bond acceptors (Lipinski definition) is 3. The number of nitrogens with one attached hydrogen (secondary N) is 1. The maximum atomic E-state index is 12.6. The first kappa shape index (κ1) is 14.7. The molecule has 0 fully saturated rings. The molecule has 0 aliphatic rings. The number of hydrogen-bond donors (Lipinski definition) is 1. The molecule has 22 heavy (non-hydrogen) atoms. The van der Waals surface area contributed by atoms with E-state index in [1.165, 1.54) is 6.07 Å². The van der Waals surface area contributed by atoms with Crippen LogP contribution < -0.4 is 5.56 Å². The topological polar surface area (TPSA) is 54.9 Å². The lowest BCUT2D eigenvalue weighted by Crippen LogP contribution is -2.29. The molecule has 0 aliphatic heterocycles. The largest absolute Gasteiger partial charge is 0.331 e. The Hall–Kier alpha value is -2.24.